The Hall–Kier alpha value is -1.97. The summed E-state index contributed by atoms with van der Waals surface area (Å²) in [4.78, 5) is 17.9. The average molecular weight is 246 g/mol. The molecule has 1 fully saturated rings. The molecule has 0 aliphatic carbocycles. The van der Waals surface area contributed by atoms with Crippen molar-refractivity contribution in [1.82, 2.24) is 9.88 Å². The third-order valence-corrected chi connectivity index (χ3v) is 2.77. The normalized spacial score (nSPS) is 19.3. The molecule has 1 aliphatic rings. The number of hydrogen-bond donors (Lipinski definition) is 1. The molecule has 1 saturated heterocycles. The summed E-state index contributed by atoms with van der Waals surface area (Å²) in [5.41, 5.74) is 6.71. The van der Waals surface area contributed by atoms with Crippen molar-refractivity contribution in [2.75, 3.05) is 19.7 Å². The highest BCUT2D eigenvalue weighted by atomic mass is 16.5. The van der Waals surface area contributed by atoms with Crippen LogP contribution in [0.5, 0.6) is 0 Å². The van der Waals surface area contributed by atoms with Gasteiger partial charge in [-0.15, -0.1) is 0 Å². The zero-order chi connectivity index (χ0) is 13.0. The van der Waals surface area contributed by atoms with E-state index in [0.29, 0.717) is 37.5 Å². The lowest BCUT2D eigenvalue weighted by Crippen LogP contribution is -2.45. The molecular weight excluding hydrogens is 232 g/mol. The number of nitriles is 1. The maximum absolute atomic E-state index is 12.2. The van der Waals surface area contributed by atoms with E-state index in [9.17, 15) is 4.79 Å². The SMILES string of the molecule is N#CC1CN(C(=O)c2ccnc(CN)c2)CCO1. The predicted octanol–water partition coefficient (Wildman–Crippen LogP) is -0.0951. The van der Waals surface area contributed by atoms with Crippen molar-refractivity contribution in [3.8, 4) is 6.07 Å². The van der Waals surface area contributed by atoms with E-state index >= 15 is 0 Å². The van der Waals surface area contributed by atoms with Crippen LogP contribution in [0.2, 0.25) is 0 Å². The number of nitrogens with two attached hydrogens (primary N) is 1. The Morgan fingerprint density at radius 2 is 2.56 bits per heavy atom. The molecule has 1 atom stereocenters. The molecule has 0 aromatic carbocycles. The molecule has 1 amide bonds. The summed E-state index contributed by atoms with van der Waals surface area (Å²) in [5.74, 6) is -0.115. The summed E-state index contributed by atoms with van der Waals surface area (Å²) in [6.07, 6.45) is 1.02. The van der Waals surface area contributed by atoms with E-state index in [0.717, 1.165) is 0 Å². The van der Waals surface area contributed by atoms with Gasteiger partial charge in [-0.2, -0.15) is 5.26 Å². The van der Waals surface area contributed by atoms with Gasteiger partial charge in [-0.3, -0.25) is 9.78 Å². The van der Waals surface area contributed by atoms with E-state index in [4.69, 9.17) is 15.7 Å². The first-order chi connectivity index (χ1) is 8.74. The first-order valence-electron chi connectivity index (χ1n) is 5.70. The van der Waals surface area contributed by atoms with E-state index in [1.54, 1.807) is 23.2 Å². The molecule has 2 heterocycles. The molecule has 2 N–H and O–H groups in total. The van der Waals surface area contributed by atoms with E-state index in [2.05, 4.69) is 4.98 Å². The molecule has 1 aromatic rings. The molecule has 18 heavy (non-hydrogen) atoms. The number of ether oxygens (including phenoxy) is 1. The quantitative estimate of drug-likeness (QED) is 0.787. The number of carbonyl (C=O) groups excluding carboxylic acids is 1. The number of pyridine rings is 1. The van der Waals surface area contributed by atoms with Crippen molar-refractivity contribution in [3.05, 3.63) is 29.6 Å². The van der Waals surface area contributed by atoms with Crippen molar-refractivity contribution in [2.45, 2.75) is 12.6 Å². The molecule has 0 bridgehead atoms. The first-order valence-corrected chi connectivity index (χ1v) is 5.70. The molecule has 2 rings (SSSR count). The maximum atomic E-state index is 12.2. The molecule has 6 heteroatoms. The highest BCUT2D eigenvalue weighted by Crippen LogP contribution is 2.10. The number of hydrogen-bond acceptors (Lipinski definition) is 5. The minimum absolute atomic E-state index is 0.115. The van der Waals surface area contributed by atoms with Crippen molar-refractivity contribution >= 4 is 5.91 Å². The predicted molar refractivity (Wildman–Crippen MR) is 63.4 cm³/mol. The monoisotopic (exact) mass is 246 g/mol. The Labute approximate surface area is 105 Å². The molecule has 1 unspecified atom stereocenters. The summed E-state index contributed by atoms with van der Waals surface area (Å²) < 4.78 is 5.20. The Morgan fingerprint density at radius 3 is 3.28 bits per heavy atom. The van der Waals surface area contributed by atoms with Crippen LogP contribution in [0.3, 0.4) is 0 Å². The molecule has 6 nitrogen and oxygen atoms in total. The van der Waals surface area contributed by atoms with Crippen LogP contribution in [0.1, 0.15) is 16.1 Å². The number of amides is 1. The van der Waals surface area contributed by atoms with Crippen LogP contribution in [0, 0.1) is 11.3 Å². The molecule has 0 saturated carbocycles. The Morgan fingerprint density at radius 1 is 1.72 bits per heavy atom. The molecule has 0 spiro atoms. The Bertz CT molecular complexity index is 483. The fraction of sp³-hybridized carbons (Fsp3) is 0.417. The summed E-state index contributed by atoms with van der Waals surface area (Å²) in [5, 5.41) is 8.80. The van der Waals surface area contributed by atoms with Gasteiger partial charge >= 0.3 is 0 Å². The van der Waals surface area contributed by atoms with Crippen LogP contribution in [-0.2, 0) is 11.3 Å². The fourth-order valence-corrected chi connectivity index (χ4v) is 1.82. The van der Waals surface area contributed by atoms with Gasteiger partial charge in [0, 0.05) is 24.8 Å². The van der Waals surface area contributed by atoms with Gasteiger partial charge in [-0.25, -0.2) is 0 Å². The molecule has 1 aliphatic heterocycles. The number of carbonyl (C=O) groups is 1. The number of nitrogens with zero attached hydrogens (tertiary/aromatic N) is 3. The van der Waals surface area contributed by atoms with Crippen LogP contribution in [-0.4, -0.2) is 41.6 Å². The van der Waals surface area contributed by atoms with Crippen LogP contribution >= 0.6 is 0 Å². The van der Waals surface area contributed by atoms with Gasteiger partial charge in [0.1, 0.15) is 0 Å². The van der Waals surface area contributed by atoms with E-state index in [1.807, 2.05) is 6.07 Å². The highest BCUT2D eigenvalue weighted by molar-refractivity contribution is 5.94. The zero-order valence-electron chi connectivity index (χ0n) is 9.87. The lowest BCUT2D eigenvalue weighted by atomic mass is 10.2. The van der Waals surface area contributed by atoms with E-state index in [1.165, 1.54) is 0 Å². The summed E-state index contributed by atoms with van der Waals surface area (Å²) in [6, 6.07) is 5.35. The van der Waals surface area contributed by atoms with Crippen molar-refractivity contribution in [2.24, 2.45) is 5.73 Å². The van der Waals surface area contributed by atoms with Crippen LogP contribution < -0.4 is 5.73 Å². The van der Waals surface area contributed by atoms with Gasteiger partial charge in [0.05, 0.1) is 24.9 Å². The summed E-state index contributed by atoms with van der Waals surface area (Å²) in [7, 11) is 0. The minimum Gasteiger partial charge on any atom is -0.360 e. The lowest BCUT2D eigenvalue weighted by molar-refractivity contribution is 0.00346. The third-order valence-electron chi connectivity index (χ3n) is 2.77. The minimum atomic E-state index is -0.543. The van der Waals surface area contributed by atoms with Crippen molar-refractivity contribution < 1.29 is 9.53 Å². The standard InChI is InChI=1S/C12H14N4O2/c13-6-10-5-9(1-2-15-10)12(17)16-3-4-18-11(7-14)8-16/h1-2,5,11H,3-4,6,8,13H2. The lowest BCUT2D eigenvalue weighted by Gasteiger charge is -2.29. The number of rotatable bonds is 2. The van der Waals surface area contributed by atoms with Gasteiger partial charge in [-0.05, 0) is 12.1 Å². The Kier molecular flexibility index (Phi) is 3.87. The van der Waals surface area contributed by atoms with Crippen LogP contribution in [0.15, 0.2) is 18.3 Å². The summed E-state index contributed by atoms with van der Waals surface area (Å²) >= 11 is 0. The van der Waals surface area contributed by atoms with E-state index < -0.39 is 6.10 Å². The maximum Gasteiger partial charge on any atom is 0.254 e. The van der Waals surface area contributed by atoms with Gasteiger partial charge in [-0.1, -0.05) is 0 Å². The fourth-order valence-electron chi connectivity index (χ4n) is 1.82. The molecule has 94 valence electrons. The number of aromatic nitrogens is 1. The molecular formula is C12H14N4O2. The molecule has 1 aromatic heterocycles. The van der Waals surface area contributed by atoms with Gasteiger partial charge in [0.15, 0.2) is 6.10 Å². The van der Waals surface area contributed by atoms with Crippen LogP contribution in [0.4, 0.5) is 0 Å². The zero-order valence-corrected chi connectivity index (χ0v) is 9.87. The average Bonchev–Trinajstić information content (AvgIpc) is 2.46. The smallest absolute Gasteiger partial charge is 0.254 e. The van der Waals surface area contributed by atoms with Gasteiger partial charge in [0.25, 0.3) is 5.91 Å². The van der Waals surface area contributed by atoms with Crippen LogP contribution in [0.25, 0.3) is 0 Å². The van der Waals surface area contributed by atoms with Gasteiger partial charge in [0.2, 0.25) is 0 Å². The van der Waals surface area contributed by atoms with Crippen molar-refractivity contribution in [1.29, 1.82) is 5.26 Å². The molecule has 0 radical (unpaired) electrons. The highest BCUT2D eigenvalue weighted by Gasteiger charge is 2.24. The third kappa shape index (κ3) is 2.64. The van der Waals surface area contributed by atoms with Crippen molar-refractivity contribution in [3.63, 3.8) is 0 Å². The first kappa shape index (κ1) is 12.5. The topological polar surface area (TPSA) is 92.2 Å². The summed E-state index contributed by atoms with van der Waals surface area (Å²) in [6.45, 7) is 1.48. The second kappa shape index (κ2) is 5.58. The Balaban J connectivity index is 2.13. The number of morpholine rings is 1. The van der Waals surface area contributed by atoms with Gasteiger partial charge < -0.3 is 15.4 Å². The second-order valence-electron chi connectivity index (χ2n) is 3.98. The second-order valence-corrected chi connectivity index (χ2v) is 3.98. The van der Waals surface area contributed by atoms with E-state index in [-0.39, 0.29) is 5.91 Å². The largest absolute Gasteiger partial charge is 0.360 e.